The summed E-state index contributed by atoms with van der Waals surface area (Å²) in [5.74, 6) is -0.947. The van der Waals surface area contributed by atoms with Gasteiger partial charge in [0.15, 0.2) is 5.78 Å². The lowest BCUT2D eigenvalue weighted by Crippen LogP contribution is -2.46. The van der Waals surface area contributed by atoms with Crippen molar-refractivity contribution in [2.75, 3.05) is 37.6 Å². The first-order chi connectivity index (χ1) is 13.8. The first-order valence-corrected chi connectivity index (χ1v) is 9.44. The van der Waals surface area contributed by atoms with E-state index < -0.39 is 23.3 Å². The number of allylic oxidation sites excluding steroid dienone is 1. The molecule has 154 valence electrons. The highest BCUT2D eigenvalue weighted by Gasteiger charge is 2.30. The van der Waals surface area contributed by atoms with Crippen LogP contribution in [-0.2, 0) is 6.18 Å². The third-order valence-corrected chi connectivity index (χ3v) is 5.03. The summed E-state index contributed by atoms with van der Waals surface area (Å²) in [4.78, 5) is 16.6. The van der Waals surface area contributed by atoms with Crippen LogP contribution < -0.4 is 4.90 Å². The molecule has 0 radical (unpaired) electrons. The molecule has 0 bridgehead atoms. The maximum absolute atomic E-state index is 14.6. The number of nitrogens with zero attached hydrogens (tertiary/aromatic N) is 2. The van der Waals surface area contributed by atoms with Crippen LogP contribution in [0.3, 0.4) is 0 Å². The van der Waals surface area contributed by atoms with Crippen molar-refractivity contribution in [1.29, 1.82) is 0 Å². The van der Waals surface area contributed by atoms with Crippen molar-refractivity contribution >= 4 is 17.5 Å². The highest BCUT2D eigenvalue weighted by molar-refractivity contribution is 6.07. The molecule has 0 amide bonds. The van der Waals surface area contributed by atoms with Crippen molar-refractivity contribution in [1.82, 2.24) is 4.90 Å². The van der Waals surface area contributed by atoms with Gasteiger partial charge < -0.3 is 9.80 Å². The maximum atomic E-state index is 14.6. The molecule has 0 N–H and O–H groups in total. The molecule has 7 heteroatoms. The molecular formula is C22H22F4N2O. The Hall–Kier alpha value is -2.67. The predicted octanol–water partition coefficient (Wildman–Crippen LogP) is 4.88. The Kier molecular flexibility index (Phi) is 6.37. The number of piperazine rings is 1. The molecule has 29 heavy (non-hydrogen) atoms. The molecular weight excluding hydrogens is 384 g/mol. The molecule has 0 atom stereocenters. The topological polar surface area (TPSA) is 23.6 Å². The van der Waals surface area contributed by atoms with E-state index in [2.05, 4.69) is 11.8 Å². The molecule has 0 unspecified atom stereocenters. The standard InChI is InChI=1S/C22H22F4N2O/c1-2-27-10-12-28(13-11-27)20-8-7-17(15-19(20)23)21(29)9-6-16-4-3-5-18(14-16)22(24,25)26/h3-9,14-15H,2,10-13H2,1H3/b9-6+. The van der Waals surface area contributed by atoms with Gasteiger partial charge in [-0.2, -0.15) is 13.2 Å². The first-order valence-electron chi connectivity index (χ1n) is 9.44. The predicted molar refractivity (Wildman–Crippen MR) is 106 cm³/mol. The van der Waals surface area contributed by atoms with Crippen molar-refractivity contribution in [3.63, 3.8) is 0 Å². The van der Waals surface area contributed by atoms with Crippen LogP contribution in [0.2, 0.25) is 0 Å². The summed E-state index contributed by atoms with van der Waals surface area (Å²) in [5.41, 5.74) is 0.0746. The Labute approximate surface area is 167 Å². The fourth-order valence-electron chi connectivity index (χ4n) is 3.31. The quantitative estimate of drug-likeness (QED) is 0.402. The zero-order chi connectivity index (χ0) is 21.0. The number of benzene rings is 2. The van der Waals surface area contributed by atoms with Gasteiger partial charge in [-0.25, -0.2) is 4.39 Å². The number of hydrogen-bond donors (Lipinski definition) is 0. The molecule has 3 rings (SSSR count). The minimum atomic E-state index is -4.45. The lowest BCUT2D eigenvalue weighted by molar-refractivity contribution is -0.137. The maximum Gasteiger partial charge on any atom is 0.416 e. The van der Waals surface area contributed by atoms with Gasteiger partial charge in [-0.3, -0.25) is 4.79 Å². The van der Waals surface area contributed by atoms with E-state index in [1.54, 1.807) is 12.1 Å². The van der Waals surface area contributed by atoms with Crippen LogP contribution in [0.4, 0.5) is 23.2 Å². The highest BCUT2D eigenvalue weighted by atomic mass is 19.4. The lowest BCUT2D eigenvalue weighted by Gasteiger charge is -2.35. The third-order valence-electron chi connectivity index (χ3n) is 5.03. The largest absolute Gasteiger partial charge is 0.416 e. The number of hydrogen-bond acceptors (Lipinski definition) is 3. The Balaban J connectivity index is 1.70. The van der Waals surface area contributed by atoms with Gasteiger partial charge in [0.05, 0.1) is 11.3 Å². The molecule has 1 saturated heterocycles. The van der Waals surface area contributed by atoms with Gasteiger partial charge >= 0.3 is 6.18 Å². The fraction of sp³-hybridized carbons (Fsp3) is 0.318. The minimum Gasteiger partial charge on any atom is -0.367 e. The highest BCUT2D eigenvalue weighted by Crippen LogP contribution is 2.30. The van der Waals surface area contributed by atoms with Crippen molar-refractivity contribution in [3.8, 4) is 0 Å². The van der Waals surface area contributed by atoms with E-state index in [1.807, 2.05) is 4.90 Å². The summed E-state index contributed by atoms with van der Waals surface area (Å²) in [5, 5.41) is 0. The van der Waals surface area contributed by atoms with Gasteiger partial charge in [0.1, 0.15) is 5.82 Å². The second-order valence-corrected chi connectivity index (χ2v) is 6.91. The lowest BCUT2D eigenvalue weighted by atomic mass is 10.1. The number of carbonyl (C=O) groups is 1. The van der Waals surface area contributed by atoms with Crippen LogP contribution in [0.5, 0.6) is 0 Å². The number of halogens is 4. The average molecular weight is 406 g/mol. The third kappa shape index (κ3) is 5.23. The van der Waals surface area contributed by atoms with Gasteiger partial charge in [0.25, 0.3) is 0 Å². The summed E-state index contributed by atoms with van der Waals surface area (Å²) in [7, 11) is 0. The van der Waals surface area contributed by atoms with E-state index in [9.17, 15) is 22.4 Å². The number of likely N-dealkylation sites (N-methyl/N-ethyl adjacent to an activating group) is 1. The van der Waals surface area contributed by atoms with Crippen molar-refractivity contribution in [3.05, 3.63) is 71.0 Å². The summed E-state index contributed by atoms with van der Waals surface area (Å²) in [6, 6.07) is 8.99. The van der Waals surface area contributed by atoms with Gasteiger partial charge in [0.2, 0.25) is 0 Å². The zero-order valence-corrected chi connectivity index (χ0v) is 16.0. The minimum absolute atomic E-state index is 0.154. The zero-order valence-electron chi connectivity index (χ0n) is 16.0. The fourth-order valence-corrected chi connectivity index (χ4v) is 3.31. The van der Waals surface area contributed by atoms with E-state index >= 15 is 0 Å². The van der Waals surface area contributed by atoms with Crippen LogP contribution in [-0.4, -0.2) is 43.4 Å². The van der Waals surface area contributed by atoms with Crippen LogP contribution in [0, 0.1) is 5.82 Å². The van der Waals surface area contributed by atoms with E-state index in [0.29, 0.717) is 18.8 Å². The molecule has 1 heterocycles. The molecule has 3 nitrogen and oxygen atoms in total. The molecule has 2 aromatic carbocycles. The van der Waals surface area contributed by atoms with Crippen LogP contribution in [0.15, 0.2) is 48.5 Å². The summed E-state index contributed by atoms with van der Waals surface area (Å²) >= 11 is 0. The molecule has 0 saturated carbocycles. The number of rotatable bonds is 5. The van der Waals surface area contributed by atoms with Gasteiger partial charge in [-0.1, -0.05) is 25.1 Å². The van der Waals surface area contributed by atoms with Gasteiger partial charge in [-0.15, -0.1) is 0 Å². The van der Waals surface area contributed by atoms with Crippen molar-refractivity contribution < 1.29 is 22.4 Å². The Bertz CT molecular complexity index is 900. The SMILES string of the molecule is CCN1CCN(c2ccc(C(=O)/C=C/c3cccc(C(F)(F)F)c3)cc2F)CC1. The van der Waals surface area contributed by atoms with E-state index in [1.165, 1.54) is 24.3 Å². The molecule has 1 aliphatic rings. The number of carbonyl (C=O) groups excluding carboxylic acids is 1. The van der Waals surface area contributed by atoms with E-state index in [4.69, 9.17) is 0 Å². The Morgan fingerprint density at radius 1 is 1.07 bits per heavy atom. The number of alkyl halides is 3. The molecule has 0 aromatic heterocycles. The summed E-state index contributed by atoms with van der Waals surface area (Å²) in [6.07, 6.45) is -1.99. The second kappa shape index (κ2) is 8.78. The van der Waals surface area contributed by atoms with Crippen LogP contribution in [0.1, 0.15) is 28.4 Å². The number of anilines is 1. The van der Waals surface area contributed by atoms with E-state index in [0.717, 1.165) is 37.8 Å². The Morgan fingerprint density at radius 3 is 2.41 bits per heavy atom. The summed E-state index contributed by atoms with van der Waals surface area (Å²) < 4.78 is 52.9. The van der Waals surface area contributed by atoms with E-state index in [-0.39, 0.29) is 11.1 Å². The Morgan fingerprint density at radius 2 is 1.79 bits per heavy atom. The first kappa shape index (κ1) is 21.0. The average Bonchev–Trinajstić information content (AvgIpc) is 2.71. The normalized spacial score (nSPS) is 15.8. The van der Waals surface area contributed by atoms with Crippen LogP contribution in [0.25, 0.3) is 6.08 Å². The van der Waals surface area contributed by atoms with Gasteiger partial charge in [0, 0.05) is 31.7 Å². The summed E-state index contributed by atoms with van der Waals surface area (Å²) in [6.45, 7) is 6.19. The second-order valence-electron chi connectivity index (χ2n) is 6.91. The van der Waals surface area contributed by atoms with Crippen LogP contribution >= 0.6 is 0 Å². The smallest absolute Gasteiger partial charge is 0.367 e. The molecule has 1 fully saturated rings. The molecule has 0 spiro atoms. The van der Waals surface area contributed by atoms with Crippen molar-refractivity contribution in [2.24, 2.45) is 0 Å². The van der Waals surface area contributed by atoms with Crippen molar-refractivity contribution in [2.45, 2.75) is 13.1 Å². The molecule has 0 aliphatic carbocycles. The van der Waals surface area contributed by atoms with Gasteiger partial charge in [-0.05, 0) is 48.5 Å². The molecule has 2 aromatic rings. The molecule has 1 aliphatic heterocycles. The monoisotopic (exact) mass is 406 g/mol. The number of ketones is 1.